The fourth-order valence-corrected chi connectivity index (χ4v) is 3.38. The van der Waals surface area contributed by atoms with E-state index >= 15 is 0 Å². The standard InChI is InChI=1S/C19H26FN3O2/c20-16-4-1-5-17(11-16)22-19(25)21-12-14-3-2-9-23(13-14)10-8-18(24)15-6-7-15/h1,4-5,11,14-15H,2-3,6-10,12-13H2,(H2,21,22,25)/t14-/m1/s1. The summed E-state index contributed by atoms with van der Waals surface area (Å²) in [6.07, 6.45) is 4.98. The number of likely N-dealkylation sites (tertiary alicyclic amines) is 1. The maximum absolute atomic E-state index is 13.1. The Labute approximate surface area is 148 Å². The van der Waals surface area contributed by atoms with Crippen molar-refractivity contribution in [3.63, 3.8) is 0 Å². The van der Waals surface area contributed by atoms with E-state index in [1.807, 2.05) is 0 Å². The number of halogens is 1. The van der Waals surface area contributed by atoms with E-state index in [-0.39, 0.29) is 11.8 Å². The molecule has 2 N–H and O–H groups in total. The van der Waals surface area contributed by atoms with Crippen LogP contribution in [-0.4, -0.2) is 42.9 Å². The lowest BCUT2D eigenvalue weighted by atomic mass is 9.97. The summed E-state index contributed by atoms with van der Waals surface area (Å²) in [5.74, 6) is 0.771. The van der Waals surface area contributed by atoms with Crippen molar-refractivity contribution in [2.75, 3.05) is 31.5 Å². The second kappa shape index (κ2) is 8.43. The van der Waals surface area contributed by atoms with Gasteiger partial charge in [0, 0.05) is 37.7 Å². The third-order valence-corrected chi connectivity index (χ3v) is 4.94. The van der Waals surface area contributed by atoms with Crippen molar-refractivity contribution in [2.24, 2.45) is 11.8 Å². The summed E-state index contributed by atoms with van der Waals surface area (Å²) in [6, 6.07) is 5.54. The van der Waals surface area contributed by atoms with E-state index in [0.717, 1.165) is 45.3 Å². The maximum Gasteiger partial charge on any atom is 0.319 e. The molecular weight excluding hydrogens is 321 g/mol. The van der Waals surface area contributed by atoms with Gasteiger partial charge in [-0.2, -0.15) is 0 Å². The number of ketones is 1. The Bertz CT molecular complexity index is 618. The van der Waals surface area contributed by atoms with Crippen molar-refractivity contribution in [1.82, 2.24) is 10.2 Å². The van der Waals surface area contributed by atoms with Crippen LogP contribution in [0.25, 0.3) is 0 Å². The van der Waals surface area contributed by atoms with Crippen LogP contribution in [0.2, 0.25) is 0 Å². The lowest BCUT2D eigenvalue weighted by molar-refractivity contribution is -0.120. The largest absolute Gasteiger partial charge is 0.338 e. The highest BCUT2D eigenvalue weighted by Gasteiger charge is 2.29. The summed E-state index contributed by atoms with van der Waals surface area (Å²) in [4.78, 5) is 26.1. The number of piperidine rings is 1. The molecule has 1 aromatic carbocycles. The Morgan fingerprint density at radius 3 is 2.84 bits per heavy atom. The first-order valence-electron chi connectivity index (χ1n) is 9.15. The van der Waals surface area contributed by atoms with Crippen LogP contribution < -0.4 is 10.6 Å². The van der Waals surface area contributed by atoms with Crippen molar-refractivity contribution < 1.29 is 14.0 Å². The van der Waals surface area contributed by atoms with Crippen LogP contribution in [0.3, 0.4) is 0 Å². The SMILES string of the molecule is O=C(NC[C@H]1CCCN(CCC(=O)C2CC2)C1)Nc1cccc(F)c1. The Balaban J connectivity index is 1.37. The first-order chi connectivity index (χ1) is 12.1. The number of urea groups is 1. The average molecular weight is 347 g/mol. The number of hydrogen-bond acceptors (Lipinski definition) is 3. The lowest BCUT2D eigenvalue weighted by Gasteiger charge is -2.32. The molecule has 0 bridgehead atoms. The van der Waals surface area contributed by atoms with Crippen molar-refractivity contribution in [1.29, 1.82) is 0 Å². The van der Waals surface area contributed by atoms with Gasteiger partial charge in [-0.05, 0) is 56.3 Å². The molecule has 136 valence electrons. The molecule has 1 saturated carbocycles. The van der Waals surface area contributed by atoms with Crippen LogP contribution in [0.15, 0.2) is 24.3 Å². The van der Waals surface area contributed by atoms with Gasteiger partial charge < -0.3 is 15.5 Å². The van der Waals surface area contributed by atoms with Gasteiger partial charge in [0.05, 0.1) is 0 Å². The molecule has 2 amide bonds. The Morgan fingerprint density at radius 1 is 1.24 bits per heavy atom. The highest BCUT2D eigenvalue weighted by atomic mass is 19.1. The summed E-state index contributed by atoms with van der Waals surface area (Å²) in [5.41, 5.74) is 0.446. The molecule has 1 aromatic rings. The molecule has 0 spiro atoms. The van der Waals surface area contributed by atoms with Crippen LogP contribution in [0.1, 0.15) is 32.1 Å². The Hall–Kier alpha value is -1.95. The lowest BCUT2D eigenvalue weighted by Crippen LogP contribution is -2.42. The van der Waals surface area contributed by atoms with Crippen LogP contribution in [-0.2, 0) is 4.79 Å². The number of nitrogens with zero attached hydrogens (tertiary/aromatic N) is 1. The highest BCUT2D eigenvalue weighted by molar-refractivity contribution is 5.89. The highest BCUT2D eigenvalue weighted by Crippen LogP contribution is 2.31. The topological polar surface area (TPSA) is 61.4 Å². The number of rotatable bonds is 7. The first kappa shape index (κ1) is 17.9. The molecule has 0 aromatic heterocycles. The van der Waals surface area contributed by atoms with E-state index in [2.05, 4.69) is 15.5 Å². The molecule has 6 heteroatoms. The van der Waals surface area contributed by atoms with Crippen molar-refractivity contribution in [3.05, 3.63) is 30.1 Å². The van der Waals surface area contributed by atoms with Crippen molar-refractivity contribution in [3.8, 4) is 0 Å². The zero-order chi connectivity index (χ0) is 17.6. The van der Waals surface area contributed by atoms with Gasteiger partial charge in [-0.1, -0.05) is 6.07 Å². The number of benzene rings is 1. The molecule has 25 heavy (non-hydrogen) atoms. The number of hydrogen-bond donors (Lipinski definition) is 2. The van der Waals surface area contributed by atoms with Gasteiger partial charge in [0.2, 0.25) is 0 Å². The van der Waals surface area contributed by atoms with Gasteiger partial charge in [0.15, 0.2) is 0 Å². The zero-order valence-electron chi connectivity index (χ0n) is 14.5. The number of nitrogens with one attached hydrogen (secondary N) is 2. The molecular formula is C19H26FN3O2. The molecule has 5 nitrogen and oxygen atoms in total. The summed E-state index contributed by atoms with van der Waals surface area (Å²) in [5, 5.41) is 5.51. The van der Waals surface area contributed by atoms with E-state index in [0.29, 0.717) is 36.3 Å². The van der Waals surface area contributed by atoms with Crippen LogP contribution in [0.4, 0.5) is 14.9 Å². The third kappa shape index (κ3) is 5.81. The first-order valence-corrected chi connectivity index (χ1v) is 9.15. The molecule has 2 aliphatic rings. The molecule has 1 aliphatic heterocycles. The van der Waals surface area contributed by atoms with E-state index in [1.165, 1.54) is 12.1 Å². The molecule has 1 atom stereocenters. The monoisotopic (exact) mass is 347 g/mol. The normalized spacial score (nSPS) is 20.9. The second-order valence-electron chi connectivity index (χ2n) is 7.14. The number of Topliss-reactive ketones (excluding diaryl/α,β-unsaturated/α-hetero) is 1. The minimum atomic E-state index is -0.374. The van der Waals surface area contributed by atoms with Gasteiger partial charge in [-0.3, -0.25) is 4.79 Å². The number of amides is 2. The second-order valence-corrected chi connectivity index (χ2v) is 7.14. The average Bonchev–Trinajstić information content (AvgIpc) is 3.43. The minimum absolute atomic E-state index is 0.313. The molecule has 1 aliphatic carbocycles. The molecule has 1 heterocycles. The smallest absolute Gasteiger partial charge is 0.319 e. The Kier molecular flexibility index (Phi) is 6.02. The van der Waals surface area contributed by atoms with E-state index < -0.39 is 0 Å². The third-order valence-electron chi connectivity index (χ3n) is 4.94. The fourth-order valence-electron chi connectivity index (χ4n) is 3.38. The quantitative estimate of drug-likeness (QED) is 0.797. The molecule has 3 rings (SSSR count). The summed E-state index contributed by atoms with van der Waals surface area (Å²) in [6.45, 7) is 3.37. The number of carbonyl (C=O) groups excluding carboxylic acids is 2. The van der Waals surface area contributed by atoms with Crippen molar-refractivity contribution in [2.45, 2.75) is 32.1 Å². The maximum atomic E-state index is 13.1. The predicted molar refractivity (Wildman–Crippen MR) is 94.9 cm³/mol. The zero-order valence-corrected chi connectivity index (χ0v) is 14.5. The van der Waals surface area contributed by atoms with Gasteiger partial charge in [-0.25, -0.2) is 9.18 Å². The van der Waals surface area contributed by atoms with Gasteiger partial charge >= 0.3 is 6.03 Å². The summed E-state index contributed by atoms with van der Waals surface area (Å²) in [7, 11) is 0. The van der Waals surface area contributed by atoms with Crippen LogP contribution in [0.5, 0.6) is 0 Å². The molecule has 2 fully saturated rings. The van der Waals surface area contributed by atoms with E-state index in [9.17, 15) is 14.0 Å². The summed E-state index contributed by atoms with van der Waals surface area (Å²) < 4.78 is 13.1. The number of anilines is 1. The van der Waals surface area contributed by atoms with Gasteiger partial charge in [0.1, 0.15) is 11.6 Å². The molecule has 0 unspecified atom stereocenters. The van der Waals surface area contributed by atoms with E-state index in [4.69, 9.17) is 0 Å². The minimum Gasteiger partial charge on any atom is -0.338 e. The van der Waals surface area contributed by atoms with Crippen molar-refractivity contribution >= 4 is 17.5 Å². The molecule has 1 saturated heterocycles. The van der Waals surface area contributed by atoms with Crippen LogP contribution >= 0.6 is 0 Å². The molecule has 0 radical (unpaired) electrons. The van der Waals surface area contributed by atoms with Crippen LogP contribution in [0, 0.1) is 17.7 Å². The number of carbonyl (C=O) groups is 2. The van der Waals surface area contributed by atoms with E-state index in [1.54, 1.807) is 12.1 Å². The predicted octanol–water partition coefficient (Wildman–Crippen LogP) is 3.03. The fraction of sp³-hybridized carbons (Fsp3) is 0.579. The Morgan fingerprint density at radius 2 is 2.08 bits per heavy atom. The van der Waals surface area contributed by atoms with Gasteiger partial charge in [-0.15, -0.1) is 0 Å². The van der Waals surface area contributed by atoms with Gasteiger partial charge in [0.25, 0.3) is 0 Å². The summed E-state index contributed by atoms with van der Waals surface area (Å²) >= 11 is 0.